The highest BCUT2D eigenvalue weighted by Crippen LogP contribution is 2.25. The van der Waals surface area contributed by atoms with Crippen LogP contribution in [0.3, 0.4) is 0 Å². The highest BCUT2D eigenvalue weighted by atomic mass is 19.1. The van der Waals surface area contributed by atoms with Crippen molar-refractivity contribution in [1.29, 1.82) is 0 Å². The van der Waals surface area contributed by atoms with Crippen molar-refractivity contribution in [1.82, 2.24) is 0 Å². The Morgan fingerprint density at radius 3 is 2.79 bits per heavy atom. The standard InChI is InChI=1S/C18H22FNO4/c1-3-4-7-23-8-9-24-17-12(2)10-16(20-17)13-5-6-14(18(21)22)15(19)11-13/h5-6,11H,3-4,7-10H2,1-2H3,(H,21,22). The van der Waals surface area contributed by atoms with E-state index in [1.54, 1.807) is 6.07 Å². The molecule has 1 aliphatic heterocycles. The number of aromatic carboxylic acids is 1. The van der Waals surface area contributed by atoms with Crippen LogP contribution in [-0.4, -0.2) is 36.6 Å². The van der Waals surface area contributed by atoms with Crippen molar-refractivity contribution in [2.24, 2.45) is 4.99 Å². The molecule has 0 spiro atoms. The maximum absolute atomic E-state index is 13.8. The first-order valence-corrected chi connectivity index (χ1v) is 8.04. The highest BCUT2D eigenvalue weighted by Gasteiger charge is 2.19. The molecular weight excluding hydrogens is 313 g/mol. The topological polar surface area (TPSA) is 68.1 Å². The first-order chi connectivity index (χ1) is 11.5. The van der Waals surface area contributed by atoms with Gasteiger partial charge in [0.05, 0.1) is 17.9 Å². The molecular formula is C18H22FNO4. The second-order valence-corrected chi connectivity index (χ2v) is 5.63. The number of hydrogen-bond donors (Lipinski definition) is 1. The average Bonchev–Trinajstić information content (AvgIpc) is 2.91. The van der Waals surface area contributed by atoms with Gasteiger partial charge in [-0.1, -0.05) is 19.4 Å². The zero-order chi connectivity index (χ0) is 17.5. The first-order valence-electron chi connectivity index (χ1n) is 8.04. The summed E-state index contributed by atoms with van der Waals surface area (Å²) in [5.41, 5.74) is 1.85. The maximum Gasteiger partial charge on any atom is 0.338 e. The quantitative estimate of drug-likeness (QED) is 0.697. The van der Waals surface area contributed by atoms with Crippen LogP contribution in [0.4, 0.5) is 4.39 Å². The Hall–Kier alpha value is -2.21. The van der Waals surface area contributed by atoms with Crippen LogP contribution in [0.2, 0.25) is 0 Å². The smallest absolute Gasteiger partial charge is 0.338 e. The summed E-state index contributed by atoms with van der Waals surface area (Å²) in [5, 5.41) is 8.87. The van der Waals surface area contributed by atoms with E-state index in [0.717, 1.165) is 25.0 Å². The normalized spacial score (nSPS) is 14.0. The lowest BCUT2D eigenvalue weighted by Crippen LogP contribution is -2.05. The van der Waals surface area contributed by atoms with Gasteiger partial charge in [-0.25, -0.2) is 14.2 Å². The Bertz CT molecular complexity index is 667. The van der Waals surface area contributed by atoms with E-state index >= 15 is 0 Å². The van der Waals surface area contributed by atoms with E-state index in [1.807, 2.05) is 6.92 Å². The Morgan fingerprint density at radius 2 is 2.12 bits per heavy atom. The van der Waals surface area contributed by atoms with Gasteiger partial charge in [-0.05, 0) is 36.6 Å². The fourth-order valence-electron chi connectivity index (χ4n) is 2.32. The number of hydrogen-bond acceptors (Lipinski definition) is 4. The molecule has 2 rings (SSSR count). The number of carboxylic acids is 1. The number of benzene rings is 1. The lowest BCUT2D eigenvalue weighted by Gasteiger charge is -2.06. The molecule has 5 nitrogen and oxygen atoms in total. The van der Waals surface area contributed by atoms with Gasteiger partial charge in [-0.2, -0.15) is 0 Å². The fourth-order valence-corrected chi connectivity index (χ4v) is 2.32. The largest absolute Gasteiger partial charge is 0.478 e. The number of carboxylic acid groups (broad SMARTS) is 1. The molecule has 0 saturated carbocycles. The predicted molar refractivity (Wildman–Crippen MR) is 88.9 cm³/mol. The molecule has 0 bridgehead atoms. The molecule has 0 atom stereocenters. The lowest BCUT2D eigenvalue weighted by atomic mass is 10.0. The molecule has 1 aliphatic rings. The molecule has 0 aromatic heterocycles. The minimum absolute atomic E-state index is 0.345. The Labute approximate surface area is 140 Å². The van der Waals surface area contributed by atoms with Crippen molar-refractivity contribution in [3.8, 4) is 0 Å². The van der Waals surface area contributed by atoms with Gasteiger partial charge >= 0.3 is 5.97 Å². The van der Waals surface area contributed by atoms with Crippen molar-refractivity contribution < 1.29 is 23.8 Å². The van der Waals surface area contributed by atoms with Gasteiger partial charge in [0.1, 0.15) is 12.4 Å². The van der Waals surface area contributed by atoms with Crippen LogP contribution >= 0.6 is 0 Å². The Kier molecular flexibility index (Phi) is 6.49. The highest BCUT2D eigenvalue weighted by molar-refractivity contribution is 6.04. The summed E-state index contributed by atoms with van der Waals surface area (Å²) in [6, 6.07) is 4.02. The van der Waals surface area contributed by atoms with Crippen molar-refractivity contribution in [3.05, 3.63) is 46.6 Å². The molecule has 6 heteroatoms. The number of aliphatic imine (C=N–C) groups is 1. The van der Waals surface area contributed by atoms with Crippen molar-refractivity contribution in [3.63, 3.8) is 0 Å². The summed E-state index contributed by atoms with van der Waals surface area (Å²) in [4.78, 5) is 15.3. The van der Waals surface area contributed by atoms with Crippen molar-refractivity contribution >= 4 is 11.7 Å². The maximum atomic E-state index is 13.8. The van der Waals surface area contributed by atoms with Gasteiger partial charge in [0, 0.05) is 13.0 Å². The third-order valence-corrected chi connectivity index (χ3v) is 3.68. The number of unbranched alkanes of at least 4 members (excludes halogenated alkanes) is 1. The number of ether oxygens (including phenoxy) is 2. The minimum atomic E-state index is -1.28. The van der Waals surface area contributed by atoms with Gasteiger partial charge in [-0.3, -0.25) is 0 Å². The van der Waals surface area contributed by atoms with Gasteiger partial charge < -0.3 is 14.6 Å². The fraction of sp³-hybridized carbons (Fsp3) is 0.444. The molecule has 130 valence electrons. The summed E-state index contributed by atoms with van der Waals surface area (Å²) >= 11 is 0. The molecule has 0 aliphatic carbocycles. The van der Waals surface area contributed by atoms with Crippen LogP contribution in [0, 0.1) is 5.82 Å². The van der Waals surface area contributed by atoms with E-state index in [2.05, 4.69) is 11.9 Å². The van der Waals surface area contributed by atoms with E-state index < -0.39 is 11.8 Å². The average molecular weight is 335 g/mol. The summed E-state index contributed by atoms with van der Waals surface area (Å²) < 4.78 is 24.9. The summed E-state index contributed by atoms with van der Waals surface area (Å²) in [5.74, 6) is -1.51. The van der Waals surface area contributed by atoms with E-state index in [1.165, 1.54) is 12.1 Å². The monoisotopic (exact) mass is 335 g/mol. The molecule has 1 aromatic carbocycles. The van der Waals surface area contributed by atoms with Crippen molar-refractivity contribution in [2.75, 3.05) is 19.8 Å². The molecule has 1 heterocycles. The second kappa shape index (κ2) is 8.59. The number of allylic oxidation sites excluding steroid dienone is 1. The van der Waals surface area contributed by atoms with Crippen molar-refractivity contribution in [2.45, 2.75) is 33.1 Å². The zero-order valence-corrected chi connectivity index (χ0v) is 14.0. The number of nitrogens with zero attached hydrogens (tertiary/aromatic N) is 1. The number of carbonyl (C=O) groups is 1. The number of rotatable bonds is 9. The van der Waals surface area contributed by atoms with Crippen LogP contribution in [0.1, 0.15) is 49.0 Å². The summed E-state index contributed by atoms with van der Waals surface area (Å²) in [7, 11) is 0. The molecule has 1 aromatic rings. The van der Waals surface area contributed by atoms with Crippen LogP contribution in [-0.2, 0) is 9.47 Å². The molecule has 24 heavy (non-hydrogen) atoms. The number of halogens is 1. The van der Waals surface area contributed by atoms with Crippen LogP contribution in [0.15, 0.2) is 34.6 Å². The van der Waals surface area contributed by atoms with Gasteiger partial charge in [0.25, 0.3) is 0 Å². The summed E-state index contributed by atoms with van der Waals surface area (Å²) in [6.45, 7) is 5.66. The Balaban J connectivity index is 1.94. The van der Waals surface area contributed by atoms with Crippen LogP contribution in [0.25, 0.3) is 0 Å². The van der Waals surface area contributed by atoms with E-state index in [0.29, 0.717) is 36.8 Å². The molecule has 0 unspecified atom stereocenters. The van der Waals surface area contributed by atoms with E-state index in [9.17, 15) is 9.18 Å². The molecule has 1 N–H and O–H groups in total. The second-order valence-electron chi connectivity index (χ2n) is 5.63. The van der Waals surface area contributed by atoms with Gasteiger partial charge in [0.15, 0.2) is 0 Å². The minimum Gasteiger partial charge on any atom is -0.478 e. The molecule has 0 saturated heterocycles. The van der Waals surface area contributed by atoms with Crippen LogP contribution in [0.5, 0.6) is 0 Å². The molecule has 0 fully saturated rings. The molecule has 0 radical (unpaired) electrons. The van der Waals surface area contributed by atoms with E-state index in [4.69, 9.17) is 14.6 Å². The Morgan fingerprint density at radius 1 is 1.33 bits per heavy atom. The van der Waals surface area contributed by atoms with Gasteiger partial charge in [-0.15, -0.1) is 0 Å². The zero-order valence-electron chi connectivity index (χ0n) is 14.0. The lowest BCUT2D eigenvalue weighted by molar-refractivity contribution is 0.0692. The molecule has 0 amide bonds. The summed E-state index contributed by atoms with van der Waals surface area (Å²) in [6.07, 6.45) is 2.68. The van der Waals surface area contributed by atoms with E-state index in [-0.39, 0.29) is 5.56 Å². The SMILES string of the molecule is CCCCOCCOC1=C(C)CC(c2ccc(C(=O)O)c(F)c2)=N1. The van der Waals surface area contributed by atoms with Crippen LogP contribution < -0.4 is 0 Å². The third-order valence-electron chi connectivity index (χ3n) is 3.68. The first kappa shape index (κ1) is 18.1. The van der Waals surface area contributed by atoms with Gasteiger partial charge in [0.2, 0.25) is 5.88 Å². The third kappa shape index (κ3) is 4.64. The predicted octanol–water partition coefficient (Wildman–Crippen LogP) is 3.78.